The van der Waals surface area contributed by atoms with Gasteiger partial charge in [0.2, 0.25) is 10.0 Å². The minimum Gasteiger partial charge on any atom is -0.350 e. The smallest absolute Gasteiger partial charge is 0.251 e. The third kappa shape index (κ3) is 3.85. The lowest BCUT2D eigenvalue weighted by molar-refractivity contribution is 0.0943. The first-order valence-electron chi connectivity index (χ1n) is 7.40. The molecule has 0 radical (unpaired) electrons. The van der Waals surface area contributed by atoms with Crippen LogP contribution < -0.4 is 5.32 Å². The fraction of sp³-hybridized carbons (Fsp3) is 0.533. The Balaban J connectivity index is 2.14. The molecule has 22 heavy (non-hydrogen) atoms. The zero-order valence-corrected chi connectivity index (χ0v) is 14.1. The summed E-state index contributed by atoms with van der Waals surface area (Å²) in [4.78, 5) is 14.2. The summed E-state index contributed by atoms with van der Waals surface area (Å²) in [7, 11) is -1.50. The van der Waals surface area contributed by atoms with Gasteiger partial charge in [-0.1, -0.05) is 0 Å². The molecule has 0 aliphatic carbocycles. The van der Waals surface area contributed by atoms with Gasteiger partial charge in [0.15, 0.2) is 0 Å². The van der Waals surface area contributed by atoms with Crippen LogP contribution in [0.3, 0.4) is 0 Å². The highest BCUT2D eigenvalue weighted by Crippen LogP contribution is 2.18. The molecule has 0 bridgehead atoms. The van der Waals surface area contributed by atoms with Crippen molar-refractivity contribution in [3.8, 4) is 0 Å². The van der Waals surface area contributed by atoms with Gasteiger partial charge >= 0.3 is 0 Å². The molecule has 1 N–H and O–H groups in total. The van der Waals surface area contributed by atoms with Crippen LogP contribution in [0, 0.1) is 0 Å². The van der Waals surface area contributed by atoms with Crippen molar-refractivity contribution in [1.29, 1.82) is 0 Å². The summed E-state index contributed by atoms with van der Waals surface area (Å²) in [6.45, 7) is 6.21. The zero-order valence-electron chi connectivity index (χ0n) is 13.2. The fourth-order valence-corrected chi connectivity index (χ4v) is 3.72. The zero-order chi connectivity index (χ0) is 16.3. The summed E-state index contributed by atoms with van der Waals surface area (Å²) in [5.74, 6) is -0.196. The van der Waals surface area contributed by atoms with Gasteiger partial charge in [-0.25, -0.2) is 8.42 Å². The van der Waals surface area contributed by atoms with E-state index in [0.717, 1.165) is 13.1 Å². The molecule has 1 aliphatic rings. The van der Waals surface area contributed by atoms with Crippen LogP contribution in [0.2, 0.25) is 0 Å². The fourth-order valence-electron chi connectivity index (χ4n) is 2.30. The Kier molecular flexibility index (Phi) is 5.20. The van der Waals surface area contributed by atoms with Gasteiger partial charge < -0.3 is 10.2 Å². The average molecular weight is 325 g/mol. The van der Waals surface area contributed by atoms with E-state index in [1.165, 1.54) is 16.4 Å². The lowest BCUT2D eigenvalue weighted by Crippen LogP contribution is -2.47. The third-order valence-corrected chi connectivity index (χ3v) is 5.55. The van der Waals surface area contributed by atoms with Crippen LogP contribution in [-0.4, -0.2) is 62.8 Å². The Morgan fingerprint density at radius 2 is 1.64 bits per heavy atom. The molecule has 0 saturated carbocycles. The van der Waals surface area contributed by atoms with E-state index in [1.54, 1.807) is 12.1 Å². The predicted molar refractivity (Wildman–Crippen MR) is 85.3 cm³/mol. The second-order valence-corrected chi connectivity index (χ2v) is 7.80. The first-order chi connectivity index (χ1) is 10.3. The molecule has 2 rings (SSSR count). The van der Waals surface area contributed by atoms with Gasteiger partial charge in [0, 0.05) is 37.8 Å². The topological polar surface area (TPSA) is 69.7 Å². The molecule has 1 amide bonds. The summed E-state index contributed by atoms with van der Waals surface area (Å²) in [6.07, 6.45) is 0. The average Bonchev–Trinajstić information content (AvgIpc) is 2.47. The van der Waals surface area contributed by atoms with Crippen LogP contribution in [0.4, 0.5) is 0 Å². The number of hydrogen-bond acceptors (Lipinski definition) is 4. The summed E-state index contributed by atoms with van der Waals surface area (Å²) in [5.41, 5.74) is 0.464. The van der Waals surface area contributed by atoms with Crippen molar-refractivity contribution in [3.05, 3.63) is 29.8 Å². The second-order valence-electron chi connectivity index (χ2n) is 5.86. The minimum absolute atomic E-state index is 0.0428. The molecule has 0 unspecified atom stereocenters. The lowest BCUT2D eigenvalue weighted by Gasteiger charge is -2.31. The van der Waals surface area contributed by atoms with Gasteiger partial charge in [-0.05, 0) is 45.2 Å². The Morgan fingerprint density at radius 3 is 2.14 bits per heavy atom. The van der Waals surface area contributed by atoms with Crippen molar-refractivity contribution in [3.63, 3.8) is 0 Å². The Hall–Kier alpha value is -1.44. The largest absolute Gasteiger partial charge is 0.350 e. The van der Waals surface area contributed by atoms with E-state index in [9.17, 15) is 13.2 Å². The normalized spacial score (nSPS) is 17.6. The van der Waals surface area contributed by atoms with Gasteiger partial charge in [-0.2, -0.15) is 4.31 Å². The Morgan fingerprint density at radius 1 is 1.09 bits per heavy atom. The van der Waals surface area contributed by atoms with Crippen LogP contribution in [0.5, 0.6) is 0 Å². The first-order valence-corrected chi connectivity index (χ1v) is 8.84. The van der Waals surface area contributed by atoms with E-state index in [4.69, 9.17) is 0 Å². The molecule has 1 fully saturated rings. The highest BCUT2D eigenvalue weighted by molar-refractivity contribution is 7.89. The number of hydrogen-bond donors (Lipinski definition) is 1. The second kappa shape index (κ2) is 6.76. The lowest BCUT2D eigenvalue weighted by atomic mass is 10.2. The number of rotatable bonds is 4. The molecule has 1 heterocycles. The monoisotopic (exact) mass is 325 g/mol. The predicted octanol–water partition coefficient (Wildman–Crippen LogP) is 0.761. The Bertz CT molecular complexity index is 618. The highest BCUT2D eigenvalue weighted by Gasteiger charge is 2.27. The molecule has 0 spiro atoms. The van der Waals surface area contributed by atoms with Crippen LogP contribution in [0.1, 0.15) is 24.2 Å². The maximum Gasteiger partial charge on any atom is 0.251 e. The Labute approximate surface area is 132 Å². The van der Waals surface area contributed by atoms with Gasteiger partial charge in [0.1, 0.15) is 0 Å². The highest BCUT2D eigenvalue weighted by atomic mass is 32.2. The maximum absolute atomic E-state index is 12.6. The molecule has 1 aromatic rings. The molecule has 1 aliphatic heterocycles. The van der Waals surface area contributed by atoms with Crippen LogP contribution >= 0.6 is 0 Å². The summed E-state index contributed by atoms with van der Waals surface area (Å²) < 4.78 is 26.6. The number of nitrogens with one attached hydrogen (secondary N) is 1. The molecular formula is C15H23N3O3S. The number of piperazine rings is 1. The number of carbonyl (C=O) groups excluding carboxylic acids is 1. The summed E-state index contributed by atoms with van der Waals surface area (Å²) in [6, 6.07) is 6.16. The molecule has 1 aromatic carbocycles. The number of sulfonamides is 1. The maximum atomic E-state index is 12.6. The van der Waals surface area contributed by atoms with Gasteiger partial charge in [-0.3, -0.25) is 4.79 Å². The van der Waals surface area contributed by atoms with Crippen LogP contribution in [0.25, 0.3) is 0 Å². The van der Waals surface area contributed by atoms with E-state index in [2.05, 4.69) is 10.2 Å². The number of amides is 1. The number of carbonyl (C=O) groups is 1. The van der Waals surface area contributed by atoms with Crippen molar-refractivity contribution in [2.45, 2.75) is 24.8 Å². The van der Waals surface area contributed by atoms with E-state index in [-0.39, 0.29) is 16.8 Å². The quantitative estimate of drug-likeness (QED) is 0.887. The number of nitrogens with zero attached hydrogens (tertiary/aromatic N) is 2. The molecular weight excluding hydrogens is 302 g/mol. The van der Waals surface area contributed by atoms with Crippen molar-refractivity contribution in [2.24, 2.45) is 0 Å². The molecule has 0 aromatic heterocycles. The van der Waals surface area contributed by atoms with E-state index in [0.29, 0.717) is 18.7 Å². The van der Waals surface area contributed by atoms with Gasteiger partial charge in [0.05, 0.1) is 4.90 Å². The van der Waals surface area contributed by atoms with E-state index in [1.807, 2.05) is 20.9 Å². The van der Waals surface area contributed by atoms with Gasteiger partial charge in [-0.15, -0.1) is 0 Å². The van der Waals surface area contributed by atoms with Crippen LogP contribution in [0.15, 0.2) is 29.2 Å². The van der Waals surface area contributed by atoms with Crippen molar-refractivity contribution in [2.75, 3.05) is 33.2 Å². The standard InChI is InChI=1S/C15H23N3O3S/c1-12(2)16-15(19)13-4-6-14(7-5-13)22(20,21)18-10-8-17(3)9-11-18/h4-7,12H,8-11H2,1-3H3,(H,16,19). The van der Waals surface area contributed by atoms with Gasteiger partial charge in [0.25, 0.3) is 5.91 Å². The number of likely N-dealkylation sites (N-methyl/N-ethyl adjacent to an activating group) is 1. The van der Waals surface area contributed by atoms with E-state index < -0.39 is 10.0 Å². The molecule has 7 heteroatoms. The minimum atomic E-state index is -3.48. The molecule has 122 valence electrons. The number of benzene rings is 1. The van der Waals surface area contributed by atoms with Crippen molar-refractivity contribution >= 4 is 15.9 Å². The first kappa shape index (κ1) is 16.9. The third-order valence-electron chi connectivity index (χ3n) is 3.64. The van der Waals surface area contributed by atoms with E-state index >= 15 is 0 Å². The molecule has 0 atom stereocenters. The van der Waals surface area contributed by atoms with Crippen molar-refractivity contribution in [1.82, 2.24) is 14.5 Å². The van der Waals surface area contributed by atoms with Crippen molar-refractivity contribution < 1.29 is 13.2 Å². The molecule has 6 nitrogen and oxygen atoms in total. The summed E-state index contributed by atoms with van der Waals surface area (Å²) >= 11 is 0. The van der Waals surface area contributed by atoms with Crippen LogP contribution in [-0.2, 0) is 10.0 Å². The SMILES string of the molecule is CC(C)NC(=O)c1ccc(S(=O)(=O)N2CCN(C)CC2)cc1. The summed E-state index contributed by atoms with van der Waals surface area (Å²) in [5, 5.41) is 2.78. The molecule has 1 saturated heterocycles.